The second-order valence-corrected chi connectivity index (χ2v) is 4.57. The number of anilines is 2. The number of hydrogen-bond acceptors (Lipinski definition) is 6. The summed E-state index contributed by atoms with van der Waals surface area (Å²) in [6.07, 6.45) is 1.56. The standard InChI is InChI=1S/C13H17N3O3/c1-16(2)6-5-14-10-11(13(18)12(10)17)15-8-9-4-3-7-19-9/h3-4,7,14-15H,5-6,8H2,1-2H3. The SMILES string of the molecule is CN(C)CCNc1c(NCc2ccco2)c(=O)c1=O. The third-order valence-corrected chi connectivity index (χ3v) is 2.79. The third kappa shape index (κ3) is 3.03. The molecular formula is C13H17N3O3. The van der Waals surface area contributed by atoms with Gasteiger partial charge in [0.15, 0.2) is 0 Å². The predicted octanol–water partition coefficient (Wildman–Crippen LogP) is 0.461. The molecule has 0 saturated carbocycles. The molecule has 0 aliphatic rings. The van der Waals surface area contributed by atoms with Gasteiger partial charge < -0.3 is 20.0 Å². The molecule has 0 amide bonds. The highest BCUT2D eigenvalue weighted by molar-refractivity contribution is 5.73. The van der Waals surface area contributed by atoms with Crippen molar-refractivity contribution >= 4 is 11.4 Å². The van der Waals surface area contributed by atoms with Crippen LogP contribution in [0.15, 0.2) is 32.4 Å². The largest absolute Gasteiger partial charge is 0.467 e. The zero-order chi connectivity index (χ0) is 13.8. The molecule has 0 aliphatic heterocycles. The van der Waals surface area contributed by atoms with Crippen molar-refractivity contribution in [2.75, 3.05) is 37.8 Å². The Morgan fingerprint density at radius 1 is 1.16 bits per heavy atom. The van der Waals surface area contributed by atoms with Gasteiger partial charge in [0, 0.05) is 13.1 Å². The molecule has 1 aromatic carbocycles. The van der Waals surface area contributed by atoms with Crippen molar-refractivity contribution in [3.63, 3.8) is 0 Å². The van der Waals surface area contributed by atoms with Crippen LogP contribution in [-0.2, 0) is 6.54 Å². The number of rotatable bonds is 7. The highest BCUT2D eigenvalue weighted by Gasteiger charge is 2.20. The fraction of sp³-hybridized carbons (Fsp3) is 0.385. The minimum absolute atomic E-state index is 0.347. The highest BCUT2D eigenvalue weighted by atomic mass is 16.3. The molecule has 19 heavy (non-hydrogen) atoms. The van der Waals surface area contributed by atoms with E-state index in [0.717, 1.165) is 6.54 Å². The summed E-state index contributed by atoms with van der Waals surface area (Å²) in [7, 11) is 3.89. The van der Waals surface area contributed by atoms with Crippen LogP contribution in [0.2, 0.25) is 0 Å². The Bertz CT molecular complexity index is 595. The van der Waals surface area contributed by atoms with Crippen LogP contribution in [0.3, 0.4) is 0 Å². The van der Waals surface area contributed by atoms with E-state index in [9.17, 15) is 9.59 Å². The maximum absolute atomic E-state index is 11.5. The van der Waals surface area contributed by atoms with Gasteiger partial charge in [-0.25, -0.2) is 0 Å². The number of nitrogens with one attached hydrogen (secondary N) is 2. The number of hydrogen-bond donors (Lipinski definition) is 2. The highest BCUT2D eigenvalue weighted by Crippen LogP contribution is 2.15. The molecule has 0 bridgehead atoms. The van der Waals surface area contributed by atoms with Crippen molar-refractivity contribution in [1.29, 1.82) is 0 Å². The molecule has 0 unspecified atom stereocenters. The van der Waals surface area contributed by atoms with Crippen LogP contribution in [0, 0.1) is 0 Å². The van der Waals surface area contributed by atoms with Crippen LogP contribution in [0.5, 0.6) is 0 Å². The lowest BCUT2D eigenvalue weighted by atomic mass is 10.2. The summed E-state index contributed by atoms with van der Waals surface area (Å²) >= 11 is 0. The molecule has 0 saturated heterocycles. The maximum atomic E-state index is 11.5. The van der Waals surface area contributed by atoms with Crippen molar-refractivity contribution in [1.82, 2.24) is 4.90 Å². The Morgan fingerprint density at radius 2 is 1.84 bits per heavy atom. The molecule has 2 aromatic rings. The van der Waals surface area contributed by atoms with Gasteiger partial charge in [0.25, 0.3) is 10.9 Å². The number of furan rings is 1. The smallest absolute Gasteiger partial charge is 0.253 e. The zero-order valence-electron chi connectivity index (χ0n) is 11.0. The van der Waals surface area contributed by atoms with Gasteiger partial charge in [-0.2, -0.15) is 0 Å². The van der Waals surface area contributed by atoms with Crippen molar-refractivity contribution in [2.45, 2.75) is 6.54 Å². The lowest BCUT2D eigenvalue weighted by Crippen LogP contribution is -2.38. The first kappa shape index (κ1) is 13.4. The van der Waals surface area contributed by atoms with Crippen molar-refractivity contribution in [3.8, 4) is 0 Å². The molecule has 102 valence electrons. The van der Waals surface area contributed by atoms with E-state index < -0.39 is 10.9 Å². The summed E-state index contributed by atoms with van der Waals surface area (Å²) in [5.74, 6) is 0.715. The van der Waals surface area contributed by atoms with Gasteiger partial charge in [-0.1, -0.05) is 0 Å². The van der Waals surface area contributed by atoms with Crippen molar-refractivity contribution in [2.24, 2.45) is 0 Å². The van der Waals surface area contributed by atoms with Gasteiger partial charge in [0.1, 0.15) is 17.1 Å². The second kappa shape index (κ2) is 5.71. The van der Waals surface area contributed by atoms with E-state index in [1.165, 1.54) is 0 Å². The first-order valence-corrected chi connectivity index (χ1v) is 6.07. The summed E-state index contributed by atoms with van der Waals surface area (Å²) in [5.41, 5.74) is -0.210. The van der Waals surface area contributed by atoms with Crippen LogP contribution in [0.4, 0.5) is 11.4 Å². The van der Waals surface area contributed by atoms with Gasteiger partial charge in [0.05, 0.1) is 12.8 Å². The summed E-state index contributed by atoms with van der Waals surface area (Å²) in [6.45, 7) is 1.80. The minimum Gasteiger partial charge on any atom is -0.467 e. The van der Waals surface area contributed by atoms with Crippen LogP contribution in [0.25, 0.3) is 0 Å². The molecule has 0 atom stereocenters. The molecule has 6 nitrogen and oxygen atoms in total. The monoisotopic (exact) mass is 263 g/mol. The van der Waals surface area contributed by atoms with E-state index >= 15 is 0 Å². The average molecular weight is 263 g/mol. The normalized spacial score (nSPS) is 11.1. The van der Waals surface area contributed by atoms with Crippen LogP contribution in [0.1, 0.15) is 5.76 Å². The zero-order valence-corrected chi connectivity index (χ0v) is 11.0. The van der Waals surface area contributed by atoms with Crippen LogP contribution < -0.4 is 21.5 Å². The fourth-order valence-corrected chi connectivity index (χ4v) is 1.72. The lowest BCUT2D eigenvalue weighted by Gasteiger charge is -2.15. The maximum Gasteiger partial charge on any atom is 0.253 e. The molecule has 0 radical (unpaired) electrons. The predicted molar refractivity (Wildman–Crippen MR) is 74.4 cm³/mol. The summed E-state index contributed by atoms with van der Waals surface area (Å²) in [5, 5.41) is 5.91. The van der Waals surface area contributed by atoms with E-state index in [4.69, 9.17) is 4.42 Å². The van der Waals surface area contributed by atoms with Gasteiger partial charge in [-0.15, -0.1) is 0 Å². The number of nitrogens with zero attached hydrogens (tertiary/aromatic N) is 1. The molecule has 6 heteroatoms. The molecule has 0 aliphatic carbocycles. The van der Waals surface area contributed by atoms with Crippen molar-refractivity contribution in [3.05, 3.63) is 44.6 Å². The molecule has 0 fully saturated rings. The van der Waals surface area contributed by atoms with Crippen LogP contribution >= 0.6 is 0 Å². The van der Waals surface area contributed by atoms with E-state index in [-0.39, 0.29) is 0 Å². The Balaban J connectivity index is 1.95. The Hall–Kier alpha value is -2.08. The quantitative estimate of drug-likeness (QED) is 0.707. The third-order valence-electron chi connectivity index (χ3n) is 2.79. The average Bonchev–Trinajstić information content (AvgIpc) is 2.89. The molecule has 0 spiro atoms. The van der Waals surface area contributed by atoms with Crippen molar-refractivity contribution < 1.29 is 4.42 Å². The summed E-state index contributed by atoms with van der Waals surface area (Å²) in [6, 6.07) is 3.58. The summed E-state index contributed by atoms with van der Waals surface area (Å²) < 4.78 is 5.15. The summed E-state index contributed by atoms with van der Waals surface area (Å²) in [4.78, 5) is 24.9. The van der Waals surface area contributed by atoms with Gasteiger partial charge in [0.2, 0.25) is 0 Å². The Kier molecular flexibility index (Phi) is 4.01. The Labute approximate surface area is 110 Å². The molecule has 1 heterocycles. The van der Waals surface area contributed by atoms with E-state index in [1.54, 1.807) is 18.4 Å². The molecule has 2 N–H and O–H groups in total. The fourth-order valence-electron chi connectivity index (χ4n) is 1.72. The molecular weight excluding hydrogens is 246 g/mol. The van der Waals surface area contributed by atoms with E-state index in [2.05, 4.69) is 10.6 Å². The first-order chi connectivity index (χ1) is 9.09. The lowest BCUT2D eigenvalue weighted by molar-refractivity contribution is 0.425. The van der Waals surface area contributed by atoms with Gasteiger partial charge in [-0.3, -0.25) is 9.59 Å². The molecule has 1 aromatic heterocycles. The van der Waals surface area contributed by atoms with Crippen LogP contribution in [-0.4, -0.2) is 32.1 Å². The van der Waals surface area contributed by atoms with Gasteiger partial charge in [-0.05, 0) is 26.2 Å². The minimum atomic E-state index is -0.473. The van der Waals surface area contributed by atoms with E-state index in [1.807, 2.05) is 19.0 Å². The van der Waals surface area contributed by atoms with Gasteiger partial charge >= 0.3 is 0 Å². The molecule has 2 rings (SSSR count). The van der Waals surface area contributed by atoms with E-state index in [0.29, 0.717) is 30.2 Å². The topological polar surface area (TPSA) is 74.6 Å². The Morgan fingerprint density at radius 3 is 2.42 bits per heavy atom. The number of likely N-dealkylation sites (N-methyl/N-ethyl adjacent to an activating group) is 1. The second-order valence-electron chi connectivity index (χ2n) is 4.57. The first-order valence-electron chi connectivity index (χ1n) is 6.07.